The van der Waals surface area contributed by atoms with E-state index in [4.69, 9.17) is 0 Å². The maximum absolute atomic E-state index is 12.3. The zero-order chi connectivity index (χ0) is 33.3. The molecule has 2 unspecified atom stereocenters. The van der Waals surface area contributed by atoms with Gasteiger partial charge < -0.3 is 10.2 Å². The molecule has 0 heterocycles. The molecule has 5 heteroatoms. The van der Waals surface area contributed by atoms with Crippen LogP contribution in [0.5, 0.6) is 0 Å². The SMILES string of the molecule is CCCCCCCCCCCCCCCCCCC(C(=O)S)C(O)(CCCCCCCCCCCCCCCCCC)C(=O)O. The van der Waals surface area contributed by atoms with Gasteiger partial charge >= 0.3 is 5.97 Å². The number of aliphatic carboxylic acids is 1. The second kappa shape index (κ2) is 33.4. The monoisotopic (exact) mass is 655 g/mol. The fourth-order valence-corrected chi connectivity index (χ4v) is 7.18. The minimum atomic E-state index is -2.00. The van der Waals surface area contributed by atoms with Crippen molar-refractivity contribution in [1.82, 2.24) is 0 Å². The van der Waals surface area contributed by atoms with Crippen LogP contribution in [0.2, 0.25) is 0 Å². The highest BCUT2D eigenvalue weighted by molar-refractivity contribution is 7.96. The van der Waals surface area contributed by atoms with Gasteiger partial charge in [0, 0.05) is 0 Å². The number of hydrogen-bond donors (Lipinski definition) is 3. The van der Waals surface area contributed by atoms with Gasteiger partial charge in [-0.2, -0.15) is 0 Å². The molecule has 0 aliphatic carbocycles. The summed E-state index contributed by atoms with van der Waals surface area (Å²) >= 11 is 4.00. The Morgan fingerprint density at radius 1 is 0.467 bits per heavy atom. The van der Waals surface area contributed by atoms with Crippen molar-refractivity contribution in [3.05, 3.63) is 0 Å². The van der Waals surface area contributed by atoms with E-state index in [0.717, 1.165) is 38.5 Å². The van der Waals surface area contributed by atoms with Crippen molar-refractivity contribution in [3.8, 4) is 0 Å². The van der Waals surface area contributed by atoms with Gasteiger partial charge in [-0.3, -0.25) is 4.79 Å². The third-order valence-corrected chi connectivity index (χ3v) is 10.3. The molecule has 0 aliphatic rings. The Balaban J connectivity index is 3.89. The number of carbonyl (C=O) groups excluding carboxylic acids is 1. The highest BCUT2D eigenvalue weighted by Gasteiger charge is 2.46. The third kappa shape index (κ3) is 27.1. The first kappa shape index (κ1) is 44.5. The standard InChI is InChI=1S/C40H78O4S/c1-3-5-7-9-11-13-15-17-19-21-23-25-27-29-31-33-35-37(38(41)45)40(44,39(42)43)36-34-32-30-28-26-24-22-20-18-16-14-12-10-8-6-4-2/h37,44H,3-36H2,1-2H3,(H,41,45)(H,42,43). The summed E-state index contributed by atoms with van der Waals surface area (Å²) < 4.78 is 0. The summed E-state index contributed by atoms with van der Waals surface area (Å²) in [5.41, 5.74) is -2.00. The maximum atomic E-state index is 12.3. The number of carboxylic acid groups (broad SMARTS) is 1. The van der Waals surface area contributed by atoms with Crippen LogP contribution in [0, 0.1) is 5.92 Å². The Labute approximate surface area is 286 Å². The van der Waals surface area contributed by atoms with Crippen LogP contribution in [0.1, 0.15) is 232 Å². The molecule has 2 N–H and O–H groups in total. The topological polar surface area (TPSA) is 74.6 Å². The molecule has 0 aliphatic heterocycles. The van der Waals surface area contributed by atoms with E-state index in [9.17, 15) is 19.8 Å². The second-order valence-corrected chi connectivity index (χ2v) is 14.7. The number of aliphatic hydroxyl groups is 1. The lowest BCUT2D eigenvalue weighted by Gasteiger charge is -2.30. The Bertz CT molecular complexity index is 654. The van der Waals surface area contributed by atoms with Gasteiger partial charge in [-0.15, -0.1) is 12.6 Å². The number of hydrogen-bond acceptors (Lipinski definition) is 3. The van der Waals surface area contributed by atoms with Crippen LogP contribution in [-0.4, -0.2) is 26.9 Å². The first-order valence-corrected chi connectivity index (χ1v) is 20.5. The number of thiol groups is 1. The highest BCUT2D eigenvalue weighted by Crippen LogP contribution is 2.32. The molecule has 0 saturated heterocycles. The number of rotatable bonds is 37. The summed E-state index contributed by atoms with van der Waals surface area (Å²) in [4.78, 5) is 24.4. The molecule has 0 spiro atoms. The van der Waals surface area contributed by atoms with Crippen molar-refractivity contribution < 1.29 is 19.8 Å². The zero-order valence-corrected chi connectivity index (χ0v) is 31.2. The molecule has 0 aromatic carbocycles. The van der Waals surface area contributed by atoms with Crippen LogP contribution in [-0.2, 0) is 9.59 Å². The molecule has 0 bridgehead atoms. The van der Waals surface area contributed by atoms with Crippen molar-refractivity contribution in [2.24, 2.45) is 5.92 Å². The first-order chi connectivity index (χ1) is 21.9. The molecule has 0 rings (SSSR count). The minimum absolute atomic E-state index is 0.136. The summed E-state index contributed by atoms with van der Waals surface area (Å²) in [5, 5.41) is 20.5. The average molecular weight is 655 g/mol. The summed E-state index contributed by atoms with van der Waals surface area (Å²) in [6.45, 7) is 4.54. The lowest BCUT2D eigenvalue weighted by molar-refractivity contribution is -0.168. The van der Waals surface area contributed by atoms with E-state index in [1.54, 1.807) is 0 Å². The summed E-state index contributed by atoms with van der Waals surface area (Å²) in [5.74, 6) is -2.20. The molecule has 0 aromatic rings. The van der Waals surface area contributed by atoms with Gasteiger partial charge in [-0.1, -0.05) is 213 Å². The van der Waals surface area contributed by atoms with E-state index >= 15 is 0 Å². The highest BCUT2D eigenvalue weighted by atomic mass is 32.1. The molecule has 0 radical (unpaired) electrons. The lowest BCUT2D eigenvalue weighted by Crippen LogP contribution is -2.48. The Kier molecular flexibility index (Phi) is 32.9. The van der Waals surface area contributed by atoms with Gasteiger partial charge in [0.2, 0.25) is 0 Å². The van der Waals surface area contributed by atoms with E-state index in [1.165, 1.54) is 161 Å². The number of unbranched alkanes of at least 4 members (excludes halogenated alkanes) is 30. The average Bonchev–Trinajstić information content (AvgIpc) is 3.02. The number of carboxylic acids is 1. The quantitative estimate of drug-likeness (QED) is 0.0460. The van der Waals surface area contributed by atoms with Crippen molar-refractivity contribution >= 4 is 23.7 Å². The minimum Gasteiger partial charge on any atom is -0.479 e. The summed E-state index contributed by atoms with van der Waals surface area (Å²) in [6, 6.07) is 0. The first-order valence-electron chi connectivity index (χ1n) is 20.1. The largest absolute Gasteiger partial charge is 0.479 e. The normalized spacial score (nSPS) is 13.6. The molecule has 268 valence electrons. The van der Waals surface area contributed by atoms with Crippen LogP contribution in [0.15, 0.2) is 0 Å². The number of carbonyl (C=O) groups is 2. The van der Waals surface area contributed by atoms with Gasteiger partial charge in [0.1, 0.15) is 0 Å². The molecule has 0 saturated carbocycles. The molecule has 0 aromatic heterocycles. The van der Waals surface area contributed by atoms with Crippen LogP contribution < -0.4 is 0 Å². The van der Waals surface area contributed by atoms with E-state index < -0.39 is 22.6 Å². The van der Waals surface area contributed by atoms with Gasteiger partial charge in [-0.25, -0.2) is 4.79 Å². The van der Waals surface area contributed by atoms with Gasteiger partial charge in [-0.05, 0) is 19.3 Å². The maximum Gasteiger partial charge on any atom is 0.336 e. The van der Waals surface area contributed by atoms with Crippen molar-refractivity contribution in [3.63, 3.8) is 0 Å². The van der Waals surface area contributed by atoms with Crippen molar-refractivity contribution in [2.75, 3.05) is 0 Å². The Morgan fingerprint density at radius 3 is 0.956 bits per heavy atom. The van der Waals surface area contributed by atoms with E-state index in [2.05, 4.69) is 26.5 Å². The molecule has 2 atom stereocenters. The molecule has 4 nitrogen and oxygen atoms in total. The fraction of sp³-hybridized carbons (Fsp3) is 0.950. The fourth-order valence-electron chi connectivity index (χ4n) is 6.84. The van der Waals surface area contributed by atoms with Crippen LogP contribution in [0.4, 0.5) is 0 Å². The van der Waals surface area contributed by atoms with Gasteiger partial charge in [0.15, 0.2) is 10.7 Å². The van der Waals surface area contributed by atoms with Crippen molar-refractivity contribution in [1.29, 1.82) is 0 Å². The Hall–Kier alpha value is -0.550. The van der Waals surface area contributed by atoms with Gasteiger partial charge in [0.25, 0.3) is 0 Å². The third-order valence-electron chi connectivity index (χ3n) is 10.0. The molecule has 0 amide bonds. The summed E-state index contributed by atoms with van der Waals surface area (Å²) in [6.07, 6.45) is 40.9. The van der Waals surface area contributed by atoms with Crippen LogP contribution >= 0.6 is 12.6 Å². The van der Waals surface area contributed by atoms with E-state index in [1.807, 2.05) is 0 Å². The van der Waals surface area contributed by atoms with Crippen LogP contribution in [0.3, 0.4) is 0 Å². The van der Waals surface area contributed by atoms with Crippen LogP contribution in [0.25, 0.3) is 0 Å². The predicted molar refractivity (Wildman–Crippen MR) is 198 cm³/mol. The predicted octanol–water partition coefficient (Wildman–Crippen LogP) is 13.2. The lowest BCUT2D eigenvalue weighted by atomic mass is 9.80. The molecule has 0 fully saturated rings. The zero-order valence-electron chi connectivity index (χ0n) is 30.3. The van der Waals surface area contributed by atoms with Crippen molar-refractivity contribution in [2.45, 2.75) is 238 Å². The molecular weight excluding hydrogens is 577 g/mol. The molecule has 45 heavy (non-hydrogen) atoms. The smallest absolute Gasteiger partial charge is 0.336 e. The van der Waals surface area contributed by atoms with E-state index in [0.29, 0.717) is 12.8 Å². The second-order valence-electron chi connectivity index (χ2n) is 14.3. The molecular formula is C40H78O4S. The van der Waals surface area contributed by atoms with Gasteiger partial charge in [0.05, 0.1) is 5.92 Å². The Morgan fingerprint density at radius 2 is 0.711 bits per heavy atom. The van der Waals surface area contributed by atoms with E-state index in [-0.39, 0.29) is 6.42 Å². The summed E-state index contributed by atoms with van der Waals surface area (Å²) in [7, 11) is 0.